The van der Waals surface area contributed by atoms with E-state index in [1.165, 1.54) is 16.7 Å². The third-order valence-electron chi connectivity index (χ3n) is 4.35. The van der Waals surface area contributed by atoms with Crippen LogP contribution in [-0.2, 0) is 0 Å². The highest BCUT2D eigenvalue weighted by atomic mass is 32.2. The topological polar surface area (TPSA) is 59.6 Å². The van der Waals surface area contributed by atoms with Gasteiger partial charge in [0.1, 0.15) is 0 Å². The second-order valence-electron chi connectivity index (χ2n) is 6.32. The summed E-state index contributed by atoms with van der Waals surface area (Å²) in [6.45, 7) is 11.3. The first-order chi connectivity index (χ1) is 12.0. The van der Waals surface area contributed by atoms with E-state index in [1.807, 2.05) is 44.2 Å². The molecule has 1 aromatic carbocycles. The third kappa shape index (κ3) is 4.64. The Hall–Kier alpha value is -1.79. The van der Waals surface area contributed by atoms with Gasteiger partial charge in [-0.3, -0.25) is 9.36 Å². The van der Waals surface area contributed by atoms with Crippen LogP contribution in [0.25, 0.3) is 5.69 Å². The minimum atomic E-state index is -0.189. The SMILES string of the molecule is CC[NH+](CC)CCSc1nc(O)c(C(C)C)c(=O)n1-c1ccccc1. The zero-order valence-electron chi connectivity index (χ0n) is 15.5. The van der Waals surface area contributed by atoms with Gasteiger partial charge in [-0.25, -0.2) is 0 Å². The summed E-state index contributed by atoms with van der Waals surface area (Å²) in [7, 11) is 0. The van der Waals surface area contributed by atoms with Crippen LogP contribution >= 0.6 is 11.8 Å². The van der Waals surface area contributed by atoms with E-state index in [0.717, 1.165) is 31.1 Å². The number of nitrogens with one attached hydrogen (secondary N) is 1. The molecule has 136 valence electrons. The van der Waals surface area contributed by atoms with Crippen molar-refractivity contribution >= 4 is 11.8 Å². The fraction of sp³-hybridized carbons (Fsp3) is 0.474. The minimum Gasteiger partial charge on any atom is -0.493 e. The monoisotopic (exact) mass is 362 g/mol. The van der Waals surface area contributed by atoms with E-state index in [9.17, 15) is 9.90 Å². The average Bonchev–Trinajstić information content (AvgIpc) is 2.59. The molecule has 0 radical (unpaired) electrons. The summed E-state index contributed by atoms with van der Waals surface area (Å²) in [5, 5.41) is 10.8. The van der Waals surface area contributed by atoms with Crippen LogP contribution in [0.1, 0.15) is 39.2 Å². The number of nitrogens with zero attached hydrogens (tertiary/aromatic N) is 2. The smallest absolute Gasteiger partial charge is 0.266 e. The van der Waals surface area contributed by atoms with Crippen molar-refractivity contribution in [2.45, 2.75) is 38.8 Å². The minimum absolute atomic E-state index is 0.0888. The summed E-state index contributed by atoms with van der Waals surface area (Å²) in [5.41, 5.74) is 0.952. The normalized spacial score (nSPS) is 11.4. The standard InChI is InChI=1S/C19H27N3O2S/c1-5-21(6-2)12-13-25-19-20-17(23)16(14(3)4)18(24)22(19)15-10-8-7-9-11-15/h7-11,14,23H,5-6,12-13H2,1-4H3/p+1. The van der Waals surface area contributed by atoms with Gasteiger partial charge in [0.25, 0.3) is 5.56 Å². The highest BCUT2D eigenvalue weighted by Crippen LogP contribution is 2.25. The predicted molar refractivity (Wildman–Crippen MR) is 103 cm³/mol. The van der Waals surface area contributed by atoms with Crippen LogP contribution < -0.4 is 10.5 Å². The molecule has 0 aliphatic heterocycles. The number of benzene rings is 1. The Morgan fingerprint density at radius 2 is 1.84 bits per heavy atom. The molecule has 0 aliphatic carbocycles. The molecule has 0 fully saturated rings. The molecule has 0 amide bonds. The van der Waals surface area contributed by atoms with Crippen molar-refractivity contribution in [3.63, 3.8) is 0 Å². The average molecular weight is 363 g/mol. The van der Waals surface area contributed by atoms with Gasteiger partial charge in [0.2, 0.25) is 5.88 Å². The maximum atomic E-state index is 13.0. The first-order valence-electron chi connectivity index (χ1n) is 8.87. The van der Waals surface area contributed by atoms with Gasteiger partial charge in [0.15, 0.2) is 5.16 Å². The molecule has 2 N–H and O–H groups in total. The lowest BCUT2D eigenvalue weighted by Crippen LogP contribution is -3.11. The molecule has 0 atom stereocenters. The fourth-order valence-corrected chi connectivity index (χ4v) is 3.84. The Labute approximate surface area is 153 Å². The molecule has 2 aromatic rings. The Bertz CT molecular complexity index is 740. The summed E-state index contributed by atoms with van der Waals surface area (Å²) in [6, 6.07) is 9.51. The molecule has 0 unspecified atom stereocenters. The Morgan fingerprint density at radius 3 is 2.40 bits per heavy atom. The molecule has 2 rings (SSSR count). The van der Waals surface area contributed by atoms with Gasteiger partial charge in [0, 0.05) is 0 Å². The predicted octanol–water partition coefficient (Wildman–Crippen LogP) is 2.08. The van der Waals surface area contributed by atoms with Gasteiger partial charge in [-0.1, -0.05) is 43.8 Å². The van der Waals surface area contributed by atoms with E-state index >= 15 is 0 Å². The molecule has 5 nitrogen and oxygen atoms in total. The van der Waals surface area contributed by atoms with Crippen molar-refractivity contribution in [3.05, 3.63) is 46.2 Å². The maximum absolute atomic E-state index is 13.0. The van der Waals surface area contributed by atoms with Crippen molar-refractivity contribution in [1.82, 2.24) is 9.55 Å². The molecule has 0 saturated heterocycles. The number of thioether (sulfide) groups is 1. The van der Waals surface area contributed by atoms with Gasteiger partial charge in [-0.05, 0) is 31.9 Å². The molecule has 6 heteroatoms. The zero-order valence-corrected chi connectivity index (χ0v) is 16.3. The fourth-order valence-electron chi connectivity index (χ4n) is 2.80. The number of aromatic nitrogens is 2. The van der Waals surface area contributed by atoms with Gasteiger partial charge in [-0.15, -0.1) is 0 Å². The van der Waals surface area contributed by atoms with Crippen LogP contribution in [0.3, 0.4) is 0 Å². The maximum Gasteiger partial charge on any atom is 0.266 e. The van der Waals surface area contributed by atoms with Crippen molar-refractivity contribution in [2.24, 2.45) is 0 Å². The Balaban J connectivity index is 2.43. The van der Waals surface area contributed by atoms with Crippen LogP contribution in [0.15, 0.2) is 40.3 Å². The van der Waals surface area contributed by atoms with E-state index in [2.05, 4.69) is 18.8 Å². The number of quaternary nitrogens is 1. The van der Waals surface area contributed by atoms with Crippen molar-refractivity contribution in [1.29, 1.82) is 0 Å². The number of hydrogen-bond donors (Lipinski definition) is 2. The van der Waals surface area contributed by atoms with Gasteiger partial charge in [-0.2, -0.15) is 4.98 Å². The van der Waals surface area contributed by atoms with Crippen LogP contribution in [-0.4, -0.2) is 40.0 Å². The Kier molecular flexibility index (Phi) is 7.08. The van der Waals surface area contributed by atoms with E-state index < -0.39 is 0 Å². The second-order valence-corrected chi connectivity index (χ2v) is 7.38. The van der Waals surface area contributed by atoms with Crippen molar-refractivity contribution < 1.29 is 10.0 Å². The Morgan fingerprint density at radius 1 is 1.20 bits per heavy atom. The lowest BCUT2D eigenvalue weighted by Gasteiger charge is -2.17. The highest BCUT2D eigenvalue weighted by Gasteiger charge is 2.20. The molecule has 1 heterocycles. The zero-order chi connectivity index (χ0) is 18.4. The number of rotatable bonds is 8. The number of aromatic hydroxyl groups is 1. The molecule has 1 aromatic heterocycles. The van der Waals surface area contributed by atoms with Gasteiger partial charge in [0.05, 0.1) is 36.6 Å². The first-order valence-corrected chi connectivity index (χ1v) is 9.85. The molecule has 0 spiro atoms. The van der Waals surface area contributed by atoms with E-state index in [-0.39, 0.29) is 17.4 Å². The molecular formula is C19H28N3O2S+. The third-order valence-corrected chi connectivity index (χ3v) is 5.29. The van der Waals surface area contributed by atoms with Crippen LogP contribution in [0.5, 0.6) is 5.88 Å². The second kappa shape index (κ2) is 9.06. The molecular weight excluding hydrogens is 334 g/mol. The van der Waals surface area contributed by atoms with Crippen molar-refractivity contribution in [3.8, 4) is 11.6 Å². The van der Waals surface area contributed by atoms with Gasteiger partial charge >= 0.3 is 0 Å². The number of hydrogen-bond acceptors (Lipinski definition) is 4. The van der Waals surface area contributed by atoms with Crippen LogP contribution in [0, 0.1) is 0 Å². The quantitative estimate of drug-likeness (QED) is 0.558. The summed E-state index contributed by atoms with van der Waals surface area (Å²) in [5.74, 6) is 0.607. The van der Waals surface area contributed by atoms with E-state index in [4.69, 9.17) is 0 Å². The summed E-state index contributed by atoms with van der Waals surface area (Å²) < 4.78 is 1.62. The van der Waals surface area contributed by atoms with E-state index in [1.54, 1.807) is 4.57 Å². The summed E-state index contributed by atoms with van der Waals surface area (Å²) in [4.78, 5) is 18.9. The van der Waals surface area contributed by atoms with Crippen LogP contribution in [0.2, 0.25) is 0 Å². The molecule has 0 saturated carbocycles. The lowest BCUT2D eigenvalue weighted by molar-refractivity contribution is -0.893. The number of para-hydroxylation sites is 1. The van der Waals surface area contributed by atoms with Gasteiger partial charge < -0.3 is 10.0 Å². The molecule has 25 heavy (non-hydrogen) atoms. The van der Waals surface area contributed by atoms with Crippen molar-refractivity contribution in [2.75, 3.05) is 25.4 Å². The van der Waals surface area contributed by atoms with E-state index in [0.29, 0.717) is 10.7 Å². The summed E-state index contributed by atoms with van der Waals surface area (Å²) >= 11 is 1.52. The summed E-state index contributed by atoms with van der Waals surface area (Å²) in [6.07, 6.45) is 0. The highest BCUT2D eigenvalue weighted by molar-refractivity contribution is 7.99. The first kappa shape index (κ1) is 19.5. The molecule has 0 aliphatic rings. The largest absolute Gasteiger partial charge is 0.493 e. The van der Waals surface area contributed by atoms with Crippen LogP contribution in [0.4, 0.5) is 0 Å². The molecule has 0 bridgehead atoms. The lowest BCUT2D eigenvalue weighted by atomic mass is 10.1.